The molecule has 0 unspecified atom stereocenters. The maximum Gasteiger partial charge on any atom is 0.165 e. The number of hydrogen-bond donors (Lipinski definition) is 0. The highest BCUT2D eigenvalue weighted by Crippen LogP contribution is 2.28. The first-order valence-corrected chi connectivity index (χ1v) is 9.50. The minimum atomic E-state index is -3.07. The van der Waals surface area contributed by atoms with Crippen LogP contribution in [0.2, 0.25) is 0 Å². The van der Waals surface area contributed by atoms with Gasteiger partial charge in [-0.25, -0.2) is 12.8 Å². The fraction of sp³-hybridized carbons (Fsp3) is 0.625. The van der Waals surface area contributed by atoms with Gasteiger partial charge in [-0.05, 0) is 37.6 Å². The predicted octanol–water partition coefficient (Wildman–Crippen LogP) is 2.62. The Morgan fingerprint density at radius 2 is 2.00 bits per heavy atom. The van der Waals surface area contributed by atoms with Gasteiger partial charge in [-0.3, -0.25) is 4.90 Å². The maximum atomic E-state index is 13.8. The monoisotopic (exact) mass is 329 g/mol. The molecular weight excluding hydrogens is 305 g/mol. The Morgan fingerprint density at radius 1 is 1.32 bits per heavy atom. The molecule has 0 aromatic heterocycles. The summed E-state index contributed by atoms with van der Waals surface area (Å²) in [5, 5.41) is -0.325. The molecule has 1 aromatic carbocycles. The average Bonchev–Trinajstić information content (AvgIpc) is 2.46. The van der Waals surface area contributed by atoms with E-state index in [0.29, 0.717) is 13.0 Å². The summed E-state index contributed by atoms with van der Waals surface area (Å²) >= 11 is 0. The largest absolute Gasteiger partial charge is 0.494 e. The molecule has 1 fully saturated rings. The third-order valence-corrected chi connectivity index (χ3v) is 6.08. The van der Waals surface area contributed by atoms with Crippen LogP contribution in [-0.2, 0) is 16.4 Å². The van der Waals surface area contributed by atoms with Crippen LogP contribution in [-0.4, -0.2) is 45.0 Å². The molecule has 1 aliphatic carbocycles. The zero-order valence-corrected chi connectivity index (χ0v) is 14.2. The average molecular weight is 329 g/mol. The van der Waals surface area contributed by atoms with E-state index in [4.69, 9.17) is 4.74 Å². The number of benzene rings is 1. The van der Waals surface area contributed by atoms with Crippen LogP contribution in [0.5, 0.6) is 5.75 Å². The van der Waals surface area contributed by atoms with Crippen molar-refractivity contribution in [2.45, 2.75) is 43.5 Å². The SMILES string of the molecule is COc1ccc(CN(C)[C@H]2CCCC[C@@H]2S(C)(=O)=O)cc1F. The molecule has 0 heterocycles. The Labute approximate surface area is 132 Å². The number of nitrogens with zero attached hydrogens (tertiary/aromatic N) is 1. The van der Waals surface area contributed by atoms with Crippen molar-refractivity contribution < 1.29 is 17.5 Å². The van der Waals surface area contributed by atoms with Gasteiger partial charge in [0, 0.05) is 18.8 Å². The third-order valence-electron chi connectivity index (χ3n) is 4.43. The van der Waals surface area contributed by atoms with E-state index in [2.05, 4.69) is 0 Å². The molecule has 0 bridgehead atoms. The second-order valence-electron chi connectivity index (χ2n) is 6.10. The van der Waals surface area contributed by atoms with Gasteiger partial charge in [-0.1, -0.05) is 18.9 Å². The molecule has 124 valence electrons. The smallest absolute Gasteiger partial charge is 0.165 e. The molecule has 2 atom stereocenters. The van der Waals surface area contributed by atoms with Crippen LogP contribution in [0.1, 0.15) is 31.2 Å². The summed E-state index contributed by atoms with van der Waals surface area (Å²) in [6, 6.07) is 4.87. The summed E-state index contributed by atoms with van der Waals surface area (Å²) < 4.78 is 42.7. The zero-order valence-electron chi connectivity index (χ0n) is 13.4. The Balaban J connectivity index is 2.13. The van der Waals surface area contributed by atoms with E-state index < -0.39 is 15.7 Å². The van der Waals surface area contributed by atoms with Gasteiger partial charge in [0.1, 0.15) is 0 Å². The second-order valence-corrected chi connectivity index (χ2v) is 8.37. The lowest BCUT2D eigenvalue weighted by Gasteiger charge is -2.37. The Bertz CT molecular complexity index is 618. The molecule has 1 saturated carbocycles. The molecular formula is C16H24FNO3S. The lowest BCUT2D eigenvalue weighted by atomic mass is 9.93. The number of sulfone groups is 1. The molecule has 0 saturated heterocycles. The Hall–Kier alpha value is -1.14. The maximum absolute atomic E-state index is 13.8. The van der Waals surface area contributed by atoms with Crippen LogP contribution in [0.3, 0.4) is 0 Å². The fourth-order valence-corrected chi connectivity index (χ4v) is 4.80. The molecule has 4 nitrogen and oxygen atoms in total. The zero-order chi connectivity index (χ0) is 16.3. The number of halogens is 1. The summed E-state index contributed by atoms with van der Waals surface area (Å²) in [7, 11) is 0.280. The Morgan fingerprint density at radius 3 is 2.59 bits per heavy atom. The Kier molecular flexibility index (Phi) is 5.45. The summed E-state index contributed by atoms with van der Waals surface area (Å²) in [5.41, 5.74) is 0.818. The van der Waals surface area contributed by atoms with Crippen molar-refractivity contribution in [1.82, 2.24) is 4.90 Å². The highest BCUT2D eigenvalue weighted by atomic mass is 32.2. The van der Waals surface area contributed by atoms with Gasteiger partial charge in [0.2, 0.25) is 0 Å². The molecule has 0 spiro atoms. The standard InChI is InChI=1S/C16H24FNO3S/c1-18(11-12-8-9-15(21-2)13(17)10-12)14-6-4-5-7-16(14)22(3,19)20/h8-10,14,16H,4-7,11H2,1-3H3/t14-,16-/m0/s1. The lowest BCUT2D eigenvalue weighted by Crippen LogP contribution is -2.46. The number of rotatable bonds is 5. The van der Waals surface area contributed by atoms with Gasteiger partial charge >= 0.3 is 0 Å². The van der Waals surface area contributed by atoms with E-state index in [0.717, 1.165) is 24.8 Å². The molecule has 0 N–H and O–H groups in total. The second kappa shape index (κ2) is 6.96. The number of hydrogen-bond acceptors (Lipinski definition) is 4. The van der Waals surface area contributed by atoms with Crippen LogP contribution in [0.4, 0.5) is 4.39 Å². The van der Waals surface area contributed by atoms with Crippen molar-refractivity contribution in [3.63, 3.8) is 0 Å². The molecule has 6 heteroatoms. The summed E-state index contributed by atoms with van der Waals surface area (Å²) in [5.74, 6) is -0.171. The third kappa shape index (κ3) is 3.98. The first kappa shape index (κ1) is 17.2. The molecule has 1 aliphatic rings. The van der Waals surface area contributed by atoms with Crippen molar-refractivity contribution in [1.29, 1.82) is 0 Å². The minimum absolute atomic E-state index is 0.00564. The van der Waals surface area contributed by atoms with E-state index in [1.54, 1.807) is 6.07 Å². The normalized spacial score (nSPS) is 22.8. The molecule has 2 rings (SSSR count). The van der Waals surface area contributed by atoms with E-state index in [1.165, 1.54) is 19.4 Å². The van der Waals surface area contributed by atoms with Crippen molar-refractivity contribution in [3.8, 4) is 5.75 Å². The van der Waals surface area contributed by atoms with Crippen molar-refractivity contribution in [2.75, 3.05) is 20.4 Å². The highest BCUT2D eigenvalue weighted by molar-refractivity contribution is 7.91. The van der Waals surface area contributed by atoms with Gasteiger partial charge in [0.05, 0.1) is 12.4 Å². The van der Waals surface area contributed by atoms with Crippen LogP contribution >= 0.6 is 0 Å². The molecule has 0 radical (unpaired) electrons. The molecule has 22 heavy (non-hydrogen) atoms. The molecule has 0 amide bonds. The van der Waals surface area contributed by atoms with E-state index >= 15 is 0 Å². The van der Waals surface area contributed by atoms with Gasteiger partial charge < -0.3 is 4.74 Å². The topological polar surface area (TPSA) is 46.6 Å². The minimum Gasteiger partial charge on any atom is -0.494 e. The van der Waals surface area contributed by atoms with Crippen LogP contribution in [0.25, 0.3) is 0 Å². The highest BCUT2D eigenvalue weighted by Gasteiger charge is 2.35. The van der Waals surface area contributed by atoms with Crippen molar-refractivity contribution in [2.24, 2.45) is 0 Å². The first-order chi connectivity index (χ1) is 10.3. The quantitative estimate of drug-likeness (QED) is 0.833. The van der Waals surface area contributed by atoms with Gasteiger partial charge in [-0.15, -0.1) is 0 Å². The van der Waals surface area contributed by atoms with E-state index in [1.807, 2.05) is 18.0 Å². The summed E-state index contributed by atoms with van der Waals surface area (Å²) in [6.07, 6.45) is 4.89. The van der Waals surface area contributed by atoms with Crippen LogP contribution in [0, 0.1) is 5.82 Å². The predicted molar refractivity (Wildman–Crippen MR) is 85.3 cm³/mol. The van der Waals surface area contributed by atoms with E-state index in [-0.39, 0.29) is 17.0 Å². The van der Waals surface area contributed by atoms with Crippen molar-refractivity contribution >= 4 is 9.84 Å². The first-order valence-electron chi connectivity index (χ1n) is 7.54. The van der Waals surface area contributed by atoms with Crippen molar-refractivity contribution in [3.05, 3.63) is 29.6 Å². The summed E-state index contributed by atoms with van der Waals surface area (Å²) in [4.78, 5) is 2.03. The van der Waals surface area contributed by atoms with Gasteiger partial charge in [-0.2, -0.15) is 0 Å². The van der Waals surface area contributed by atoms with E-state index in [9.17, 15) is 12.8 Å². The lowest BCUT2D eigenvalue weighted by molar-refractivity contribution is 0.187. The molecule has 1 aromatic rings. The van der Waals surface area contributed by atoms with Gasteiger partial charge in [0.25, 0.3) is 0 Å². The molecule has 0 aliphatic heterocycles. The van der Waals surface area contributed by atoms with Crippen LogP contribution < -0.4 is 4.74 Å². The van der Waals surface area contributed by atoms with Gasteiger partial charge in [0.15, 0.2) is 21.4 Å². The fourth-order valence-electron chi connectivity index (χ4n) is 3.29. The van der Waals surface area contributed by atoms with Crippen LogP contribution in [0.15, 0.2) is 18.2 Å². The number of methoxy groups -OCH3 is 1. The number of ether oxygens (including phenoxy) is 1. The summed E-state index contributed by atoms with van der Waals surface area (Å²) in [6.45, 7) is 0.525.